The maximum absolute atomic E-state index is 13.6. The molecule has 0 atom stereocenters. The summed E-state index contributed by atoms with van der Waals surface area (Å²) in [6.07, 6.45) is 3.94. The van der Waals surface area contributed by atoms with Gasteiger partial charge in [-0.2, -0.15) is 0 Å². The lowest BCUT2D eigenvalue weighted by Crippen LogP contribution is -2.39. The van der Waals surface area contributed by atoms with Crippen LogP contribution in [0.5, 0.6) is 5.75 Å². The van der Waals surface area contributed by atoms with Crippen LogP contribution in [0.25, 0.3) is 0 Å². The largest absolute Gasteiger partial charge is 0.490 e. The van der Waals surface area contributed by atoms with Gasteiger partial charge >= 0.3 is 0 Å². The van der Waals surface area contributed by atoms with Gasteiger partial charge in [-0.05, 0) is 37.1 Å². The first-order valence-corrected chi connectivity index (χ1v) is 8.08. The van der Waals surface area contributed by atoms with E-state index < -0.39 is 0 Å². The van der Waals surface area contributed by atoms with Gasteiger partial charge in [0.1, 0.15) is 18.2 Å². The molecule has 2 N–H and O–H groups in total. The zero-order valence-corrected chi connectivity index (χ0v) is 16.6. The first kappa shape index (κ1) is 21.1. The third kappa shape index (κ3) is 8.15. The summed E-state index contributed by atoms with van der Waals surface area (Å²) in [4.78, 5) is 8.45. The highest BCUT2D eigenvalue weighted by Gasteiger charge is 2.01. The number of benzene rings is 1. The van der Waals surface area contributed by atoms with Crippen molar-refractivity contribution in [3.8, 4) is 5.75 Å². The van der Waals surface area contributed by atoms with Gasteiger partial charge < -0.3 is 15.4 Å². The molecule has 0 aliphatic rings. The summed E-state index contributed by atoms with van der Waals surface area (Å²) in [6.45, 7) is 4.39. The van der Waals surface area contributed by atoms with Gasteiger partial charge in [0, 0.05) is 19.3 Å². The smallest absolute Gasteiger partial charge is 0.191 e. The van der Waals surface area contributed by atoms with Crippen LogP contribution in [0.1, 0.15) is 12.5 Å². The Hall–Kier alpha value is -1.90. The molecule has 5 nitrogen and oxygen atoms in total. The van der Waals surface area contributed by atoms with Gasteiger partial charge in [-0.1, -0.05) is 18.2 Å². The molecule has 25 heavy (non-hydrogen) atoms. The van der Waals surface area contributed by atoms with E-state index in [1.165, 1.54) is 6.07 Å². The monoisotopic (exact) mass is 458 g/mol. The van der Waals surface area contributed by atoms with E-state index in [1.807, 2.05) is 25.1 Å². The van der Waals surface area contributed by atoms with E-state index in [2.05, 4.69) is 20.6 Å². The van der Waals surface area contributed by atoms with Gasteiger partial charge in [-0.3, -0.25) is 9.98 Å². The molecule has 2 aromatic rings. The van der Waals surface area contributed by atoms with Crippen LogP contribution in [-0.2, 0) is 6.42 Å². The van der Waals surface area contributed by atoms with Crippen LogP contribution in [0.4, 0.5) is 4.39 Å². The Morgan fingerprint density at radius 2 is 2.04 bits per heavy atom. The van der Waals surface area contributed by atoms with Crippen LogP contribution < -0.4 is 15.4 Å². The number of ether oxygens (including phenoxy) is 1. The van der Waals surface area contributed by atoms with E-state index in [1.54, 1.807) is 24.5 Å². The molecule has 1 aromatic carbocycles. The topological polar surface area (TPSA) is 58.5 Å². The third-order valence-electron chi connectivity index (χ3n) is 3.25. The molecule has 0 aliphatic carbocycles. The summed E-state index contributed by atoms with van der Waals surface area (Å²) in [6, 6.07) is 10.5. The lowest BCUT2D eigenvalue weighted by atomic mass is 10.1. The minimum absolute atomic E-state index is 0. The Morgan fingerprint density at radius 3 is 2.76 bits per heavy atom. The number of aromatic nitrogens is 1. The lowest BCUT2D eigenvalue weighted by Gasteiger charge is -2.12. The molecule has 0 spiro atoms. The molecule has 0 amide bonds. The van der Waals surface area contributed by atoms with Crippen LogP contribution >= 0.6 is 24.0 Å². The molecular formula is C18H24FIN4O. The number of aliphatic imine (C=N–C) groups is 1. The van der Waals surface area contributed by atoms with E-state index in [0.29, 0.717) is 37.6 Å². The number of nitrogens with zero attached hydrogens (tertiary/aromatic N) is 2. The number of rotatable bonds is 8. The summed E-state index contributed by atoms with van der Waals surface area (Å²) in [5.74, 6) is 1.25. The minimum Gasteiger partial charge on any atom is -0.490 e. The summed E-state index contributed by atoms with van der Waals surface area (Å²) in [7, 11) is 0. The van der Waals surface area contributed by atoms with Crippen LogP contribution in [0.15, 0.2) is 53.8 Å². The highest BCUT2D eigenvalue weighted by Crippen LogP contribution is 2.07. The van der Waals surface area contributed by atoms with Crippen molar-refractivity contribution in [2.24, 2.45) is 4.99 Å². The Morgan fingerprint density at radius 1 is 1.20 bits per heavy atom. The van der Waals surface area contributed by atoms with Crippen molar-refractivity contribution in [2.75, 3.05) is 26.2 Å². The molecule has 0 unspecified atom stereocenters. The SMILES string of the molecule is CCNC(=NCCc1ccccc1F)NCCOc1cccnc1.I. The Kier molecular flexibility index (Phi) is 10.5. The molecule has 2 rings (SSSR count). The predicted octanol–water partition coefficient (Wildman–Crippen LogP) is 3.02. The number of hydrogen-bond acceptors (Lipinski definition) is 3. The molecule has 136 valence electrons. The van der Waals surface area contributed by atoms with E-state index in [-0.39, 0.29) is 29.8 Å². The van der Waals surface area contributed by atoms with Crippen molar-refractivity contribution in [1.29, 1.82) is 0 Å². The van der Waals surface area contributed by atoms with Crippen LogP contribution in [0.3, 0.4) is 0 Å². The van der Waals surface area contributed by atoms with Gasteiger partial charge in [-0.15, -0.1) is 24.0 Å². The van der Waals surface area contributed by atoms with Crippen molar-refractivity contribution >= 4 is 29.9 Å². The predicted molar refractivity (Wildman–Crippen MR) is 109 cm³/mol. The quantitative estimate of drug-likeness (QED) is 0.277. The third-order valence-corrected chi connectivity index (χ3v) is 3.25. The van der Waals surface area contributed by atoms with Crippen molar-refractivity contribution in [1.82, 2.24) is 15.6 Å². The number of guanidine groups is 1. The Labute approximate surface area is 165 Å². The van der Waals surface area contributed by atoms with Crippen molar-refractivity contribution in [2.45, 2.75) is 13.3 Å². The van der Waals surface area contributed by atoms with Gasteiger partial charge in [0.2, 0.25) is 0 Å². The number of hydrogen-bond donors (Lipinski definition) is 2. The normalized spacial score (nSPS) is 10.7. The number of nitrogens with one attached hydrogen (secondary N) is 2. The molecule has 7 heteroatoms. The average molecular weight is 458 g/mol. The van der Waals surface area contributed by atoms with Gasteiger partial charge in [0.05, 0.1) is 12.7 Å². The lowest BCUT2D eigenvalue weighted by molar-refractivity contribution is 0.320. The molecule has 0 radical (unpaired) electrons. The van der Waals surface area contributed by atoms with E-state index in [0.717, 1.165) is 12.3 Å². The van der Waals surface area contributed by atoms with Crippen molar-refractivity contribution in [3.05, 3.63) is 60.2 Å². The standard InChI is InChI=1S/C18H23FN4O.HI/c1-2-21-18(22-11-9-15-6-3-4-8-17(15)19)23-12-13-24-16-7-5-10-20-14-16;/h3-8,10,14H,2,9,11-13H2,1H3,(H2,21,22,23);1H. The molecular weight excluding hydrogens is 434 g/mol. The van der Waals surface area contributed by atoms with E-state index >= 15 is 0 Å². The first-order chi connectivity index (χ1) is 11.8. The van der Waals surface area contributed by atoms with E-state index in [4.69, 9.17) is 4.74 Å². The maximum atomic E-state index is 13.6. The second kappa shape index (κ2) is 12.5. The molecule has 0 saturated heterocycles. The van der Waals surface area contributed by atoms with Crippen molar-refractivity contribution in [3.63, 3.8) is 0 Å². The molecule has 0 saturated carbocycles. The fourth-order valence-corrected chi connectivity index (χ4v) is 2.10. The second-order valence-electron chi connectivity index (χ2n) is 5.07. The van der Waals surface area contributed by atoms with Gasteiger partial charge in [0.25, 0.3) is 0 Å². The molecule has 0 bridgehead atoms. The van der Waals surface area contributed by atoms with Crippen molar-refractivity contribution < 1.29 is 9.13 Å². The van der Waals surface area contributed by atoms with Gasteiger partial charge in [0.15, 0.2) is 5.96 Å². The second-order valence-corrected chi connectivity index (χ2v) is 5.07. The zero-order chi connectivity index (χ0) is 17.0. The fourth-order valence-electron chi connectivity index (χ4n) is 2.10. The van der Waals surface area contributed by atoms with Crippen LogP contribution in [0, 0.1) is 5.82 Å². The van der Waals surface area contributed by atoms with Gasteiger partial charge in [-0.25, -0.2) is 4.39 Å². The maximum Gasteiger partial charge on any atom is 0.191 e. The Balaban J connectivity index is 0.00000312. The molecule has 0 fully saturated rings. The highest BCUT2D eigenvalue weighted by atomic mass is 127. The molecule has 1 heterocycles. The molecule has 1 aromatic heterocycles. The average Bonchev–Trinajstić information content (AvgIpc) is 2.61. The Bertz CT molecular complexity index is 640. The summed E-state index contributed by atoms with van der Waals surface area (Å²) in [5, 5.41) is 6.35. The summed E-state index contributed by atoms with van der Waals surface area (Å²) >= 11 is 0. The highest BCUT2D eigenvalue weighted by molar-refractivity contribution is 14.0. The summed E-state index contributed by atoms with van der Waals surface area (Å²) in [5.41, 5.74) is 0.678. The fraction of sp³-hybridized carbons (Fsp3) is 0.333. The minimum atomic E-state index is -0.185. The van der Waals surface area contributed by atoms with Crippen LogP contribution in [0.2, 0.25) is 0 Å². The summed E-state index contributed by atoms with van der Waals surface area (Å²) < 4.78 is 19.1. The number of pyridine rings is 1. The van der Waals surface area contributed by atoms with E-state index in [9.17, 15) is 4.39 Å². The first-order valence-electron chi connectivity index (χ1n) is 8.08. The van der Waals surface area contributed by atoms with Crippen LogP contribution in [-0.4, -0.2) is 37.2 Å². The zero-order valence-electron chi connectivity index (χ0n) is 14.2. The number of halogens is 2. The molecule has 0 aliphatic heterocycles.